The fourth-order valence-corrected chi connectivity index (χ4v) is 3.52. The number of Topliss-reactive ketones (excluding diaryl/α,β-unsaturated/α-hetero) is 1. The number of nitrogens with one attached hydrogen (secondary N) is 1. The van der Waals surface area contributed by atoms with Crippen LogP contribution in [0, 0.1) is 6.92 Å². The fraction of sp³-hybridized carbons (Fsp3) is 0.300. The van der Waals surface area contributed by atoms with Crippen molar-refractivity contribution in [1.29, 1.82) is 0 Å². The number of ketones is 1. The first-order chi connectivity index (χ1) is 13.3. The zero-order valence-corrected chi connectivity index (χ0v) is 16.8. The molecule has 0 aliphatic carbocycles. The van der Waals surface area contributed by atoms with E-state index in [0.29, 0.717) is 23.5 Å². The zero-order valence-electron chi connectivity index (χ0n) is 16.0. The Morgan fingerprint density at radius 1 is 1.04 bits per heavy atom. The molecule has 2 rings (SSSR count). The lowest BCUT2D eigenvalue weighted by Crippen LogP contribution is -2.23. The quantitative estimate of drug-likeness (QED) is 0.509. The molecule has 0 saturated heterocycles. The molecule has 0 fully saturated rings. The first kappa shape index (κ1) is 21.6. The van der Waals surface area contributed by atoms with Crippen LogP contribution < -0.4 is 9.46 Å². The SMILES string of the molecule is CCNS(=O)(=O)c1ccc(C)c(C(=O)OCC(=O)c2ccc(OCC)cc2)c1. The molecule has 1 N–H and O–H groups in total. The molecule has 0 radical (unpaired) electrons. The summed E-state index contributed by atoms with van der Waals surface area (Å²) in [7, 11) is -3.70. The number of carbonyl (C=O) groups excluding carboxylic acids is 2. The Hall–Kier alpha value is -2.71. The molecule has 28 heavy (non-hydrogen) atoms. The number of esters is 1. The van der Waals surface area contributed by atoms with Crippen LogP contribution in [0.15, 0.2) is 47.4 Å². The van der Waals surface area contributed by atoms with E-state index < -0.39 is 22.6 Å². The minimum atomic E-state index is -3.70. The van der Waals surface area contributed by atoms with Gasteiger partial charge in [0, 0.05) is 12.1 Å². The second-order valence-electron chi connectivity index (χ2n) is 5.93. The number of ether oxygens (including phenoxy) is 2. The van der Waals surface area contributed by atoms with E-state index in [2.05, 4.69) is 4.72 Å². The molecule has 0 atom stereocenters. The molecule has 8 heteroatoms. The summed E-state index contributed by atoms with van der Waals surface area (Å²) in [6.07, 6.45) is 0. The van der Waals surface area contributed by atoms with E-state index in [1.165, 1.54) is 18.2 Å². The van der Waals surface area contributed by atoms with Crippen molar-refractivity contribution in [2.24, 2.45) is 0 Å². The molecule has 0 unspecified atom stereocenters. The summed E-state index contributed by atoms with van der Waals surface area (Å²) in [5, 5.41) is 0. The monoisotopic (exact) mass is 405 g/mol. The maximum Gasteiger partial charge on any atom is 0.338 e. The van der Waals surface area contributed by atoms with Crippen LogP contribution in [0.25, 0.3) is 0 Å². The Morgan fingerprint density at radius 3 is 2.32 bits per heavy atom. The molecule has 2 aromatic carbocycles. The molecule has 0 aliphatic rings. The van der Waals surface area contributed by atoms with Crippen LogP contribution in [-0.4, -0.2) is 39.9 Å². The van der Waals surface area contributed by atoms with Crippen molar-refractivity contribution in [3.8, 4) is 5.75 Å². The third-order valence-corrected chi connectivity index (χ3v) is 5.44. The molecule has 7 nitrogen and oxygen atoms in total. The number of hydrogen-bond acceptors (Lipinski definition) is 6. The highest BCUT2D eigenvalue weighted by Crippen LogP contribution is 2.17. The Bertz CT molecular complexity index is 951. The van der Waals surface area contributed by atoms with Gasteiger partial charge in [0.2, 0.25) is 10.0 Å². The number of rotatable bonds is 9. The minimum Gasteiger partial charge on any atom is -0.494 e. The highest BCUT2D eigenvalue weighted by atomic mass is 32.2. The molecule has 0 heterocycles. The Morgan fingerprint density at radius 2 is 1.71 bits per heavy atom. The molecule has 0 spiro atoms. The fourth-order valence-electron chi connectivity index (χ4n) is 2.46. The summed E-state index contributed by atoms with van der Waals surface area (Å²) in [6.45, 7) is 5.48. The lowest BCUT2D eigenvalue weighted by atomic mass is 10.1. The summed E-state index contributed by atoms with van der Waals surface area (Å²) in [5.41, 5.74) is 1.03. The molecule has 0 amide bonds. The van der Waals surface area contributed by atoms with Crippen LogP contribution in [0.1, 0.15) is 40.1 Å². The van der Waals surface area contributed by atoms with Gasteiger partial charge in [-0.1, -0.05) is 13.0 Å². The first-order valence-corrected chi connectivity index (χ1v) is 10.3. The van der Waals surface area contributed by atoms with E-state index in [4.69, 9.17) is 9.47 Å². The highest BCUT2D eigenvalue weighted by Gasteiger charge is 2.19. The summed E-state index contributed by atoms with van der Waals surface area (Å²) >= 11 is 0. The Balaban J connectivity index is 2.09. The van der Waals surface area contributed by atoms with Crippen LogP contribution >= 0.6 is 0 Å². The van der Waals surface area contributed by atoms with Crippen molar-refractivity contribution in [3.05, 3.63) is 59.2 Å². The second-order valence-corrected chi connectivity index (χ2v) is 7.70. The third kappa shape index (κ3) is 5.40. The summed E-state index contributed by atoms with van der Waals surface area (Å²) in [6, 6.07) is 10.7. The summed E-state index contributed by atoms with van der Waals surface area (Å²) in [5.74, 6) is -0.485. The predicted octanol–water partition coefficient (Wildman–Crippen LogP) is 2.73. The number of sulfonamides is 1. The average molecular weight is 405 g/mol. The second kappa shape index (κ2) is 9.48. The van der Waals surface area contributed by atoms with Gasteiger partial charge in [-0.25, -0.2) is 17.9 Å². The van der Waals surface area contributed by atoms with E-state index in [1.54, 1.807) is 38.1 Å². The predicted molar refractivity (Wildman–Crippen MR) is 104 cm³/mol. The van der Waals surface area contributed by atoms with Gasteiger partial charge in [-0.05, 0) is 55.8 Å². The Kier molecular flexibility index (Phi) is 7.31. The van der Waals surface area contributed by atoms with Crippen LogP contribution in [0.4, 0.5) is 0 Å². The molecule has 0 saturated carbocycles. The van der Waals surface area contributed by atoms with Gasteiger partial charge in [0.05, 0.1) is 17.1 Å². The number of aryl methyl sites for hydroxylation is 1. The van der Waals surface area contributed by atoms with Gasteiger partial charge in [0.25, 0.3) is 0 Å². The smallest absolute Gasteiger partial charge is 0.338 e. The van der Waals surface area contributed by atoms with E-state index >= 15 is 0 Å². The standard InChI is InChI=1S/C20H23NO6S/c1-4-21-28(24,25)17-11-6-14(3)18(12-17)20(23)27-13-19(22)15-7-9-16(10-8-15)26-5-2/h6-12,21H,4-5,13H2,1-3H3. The third-order valence-electron chi connectivity index (χ3n) is 3.90. The molecule has 0 aromatic heterocycles. The van der Waals surface area contributed by atoms with Crippen molar-refractivity contribution in [2.75, 3.05) is 19.8 Å². The molecule has 2 aromatic rings. The number of carbonyl (C=O) groups is 2. The van der Waals surface area contributed by atoms with Gasteiger partial charge in [-0.15, -0.1) is 0 Å². The van der Waals surface area contributed by atoms with Gasteiger partial charge < -0.3 is 9.47 Å². The molecule has 150 valence electrons. The summed E-state index contributed by atoms with van der Waals surface area (Å²) < 4.78 is 37.0. The van der Waals surface area contributed by atoms with E-state index in [1.807, 2.05) is 6.92 Å². The largest absolute Gasteiger partial charge is 0.494 e. The van der Waals surface area contributed by atoms with Crippen molar-refractivity contribution in [2.45, 2.75) is 25.7 Å². The maximum absolute atomic E-state index is 12.4. The molecule has 0 aliphatic heterocycles. The van der Waals surface area contributed by atoms with Crippen molar-refractivity contribution >= 4 is 21.8 Å². The highest BCUT2D eigenvalue weighted by molar-refractivity contribution is 7.89. The molecular formula is C20H23NO6S. The van der Waals surface area contributed by atoms with Crippen molar-refractivity contribution < 1.29 is 27.5 Å². The van der Waals surface area contributed by atoms with Gasteiger partial charge >= 0.3 is 5.97 Å². The lowest BCUT2D eigenvalue weighted by Gasteiger charge is -2.10. The number of benzene rings is 2. The number of hydrogen-bond donors (Lipinski definition) is 1. The van der Waals surface area contributed by atoms with Crippen LogP contribution in [0.2, 0.25) is 0 Å². The van der Waals surface area contributed by atoms with E-state index in [0.717, 1.165) is 0 Å². The van der Waals surface area contributed by atoms with Crippen LogP contribution in [0.3, 0.4) is 0 Å². The van der Waals surface area contributed by atoms with Crippen molar-refractivity contribution in [3.63, 3.8) is 0 Å². The van der Waals surface area contributed by atoms with Gasteiger partial charge in [0.1, 0.15) is 5.75 Å². The van der Waals surface area contributed by atoms with Gasteiger partial charge in [0.15, 0.2) is 12.4 Å². The summed E-state index contributed by atoms with van der Waals surface area (Å²) in [4.78, 5) is 24.6. The van der Waals surface area contributed by atoms with E-state index in [-0.39, 0.29) is 22.8 Å². The first-order valence-electron chi connectivity index (χ1n) is 8.82. The van der Waals surface area contributed by atoms with Crippen molar-refractivity contribution in [1.82, 2.24) is 4.72 Å². The van der Waals surface area contributed by atoms with Crippen LogP contribution in [-0.2, 0) is 14.8 Å². The van der Waals surface area contributed by atoms with E-state index in [9.17, 15) is 18.0 Å². The average Bonchev–Trinajstić information content (AvgIpc) is 2.67. The molecule has 0 bridgehead atoms. The van der Waals surface area contributed by atoms with Crippen LogP contribution in [0.5, 0.6) is 5.75 Å². The maximum atomic E-state index is 12.4. The molecular weight excluding hydrogens is 382 g/mol. The Labute approximate surface area is 164 Å². The minimum absolute atomic E-state index is 0.0373. The lowest BCUT2D eigenvalue weighted by molar-refractivity contribution is 0.0473. The normalized spacial score (nSPS) is 11.1. The van der Waals surface area contributed by atoms with Gasteiger partial charge in [-0.3, -0.25) is 4.79 Å². The zero-order chi connectivity index (χ0) is 20.7. The topological polar surface area (TPSA) is 98.8 Å². The van der Waals surface area contributed by atoms with Gasteiger partial charge in [-0.2, -0.15) is 0 Å².